The van der Waals surface area contributed by atoms with E-state index >= 15 is 0 Å². The van der Waals surface area contributed by atoms with E-state index in [1.807, 2.05) is 24.3 Å². The molecule has 0 spiro atoms. The first-order valence-corrected chi connectivity index (χ1v) is 11.1. The van der Waals surface area contributed by atoms with E-state index in [1.165, 1.54) is 48.9 Å². The normalized spacial score (nSPS) is 16.0. The molecule has 27 heavy (non-hydrogen) atoms. The number of rotatable bonds is 4. The van der Waals surface area contributed by atoms with Crippen molar-refractivity contribution in [1.29, 1.82) is 0 Å². The molecule has 0 unspecified atom stereocenters. The van der Waals surface area contributed by atoms with Crippen LogP contribution in [0.5, 0.6) is 0 Å². The summed E-state index contributed by atoms with van der Waals surface area (Å²) >= 11 is 7.67. The molecule has 1 aliphatic rings. The SMILES string of the molecule is CCn1c(-c2ccc(C3CCCCC3)cc2)csc1=Nc1ccc(Cl)cc1. The molecule has 1 saturated carbocycles. The number of aromatic nitrogens is 1. The lowest BCUT2D eigenvalue weighted by atomic mass is 9.84. The summed E-state index contributed by atoms with van der Waals surface area (Å²) in [4.78, 5) is 5.83. The van der Waals surface area contributed by atoms with Gasteiger partial charge in [-0.05, 0) is 61.1 Å². The Morgan fingerprint density at radius 3 is 2.37 bits per heavy atom. The van der Waals surface area contributed by atoms with E-state index in [4.69, 9.17) is 16.6 Å². The maximum atomic E-state index is 5.98. The Morgan fingerprint density at radius 1 is 1.00 bits per heavy atom. The maximum absolute atomic E-state index is 5.98. The molecule has 0 radical (unpaired) electrons. The van der Waals surface area contributed by atoms with E-state index in [0.717, 1.165) is 28.0 Å². The molecule has 1 aromatic heterocycles. The molecular weight excluding hydrogens is 372 g/mol. The third kappa shape index (κ3) is 4.20. The lowest BCUT2D eigenvalue weighted by molar-refractivity contribution is 0.443. The molecular formula is C23H25ClN2S. The number of nitrogens with zero attached hydrogens (tertiary/aromatic N) is 2. The lowest BCUT2D eigenvalue weighted by Gasteiger charge is -2.22. The Kier molecular flexibility index (Phi) is 5.80. The van der Waals surface area contributed by atoms with Gasteiger partial charge in [0.25, 0.3) is 0 Å². The second-order valence-electron chi connectivity index (χ2n) is 7.19. The number of halogens is 1. The zero-order valence-corrected chi connectivity index (χ0v) is 17.3. The van der Waals surface area contributed by atoms with E-state index in [9.17, 15) is 0 Å². The van der Waals surface area contributed by atoms with Gasteiger partial charge in [0.1, 0.15) is 0 Å². The fourth-order valence-electron chi connectivity index (χ4n) is 3.94. The van der Waals surface area contributed by atoms with E-state index in [1.54, 1.807) is 11.3 Å². The third-order valence-corrected chi connectivity index (χ3v) is 6.56. The van der Waals surface area contributed by atoms with Crippen LogP contribution in [-0.4, -0.2) is 4.57 Å². The first kappa shape index (κ1) is 18.5. The van der Waals surface area contributed by atoms with Crippen LogP contribution in [0.2, 0.25) is 5.02 Å². The quantitative estimate of drug-likeness (QED) is 0.444. The summed E-state index contributed by atoms with van der Waals surface area (Å²) in [5.41, 5.74) is 4.95. The van der Waals surface area contributed by atoms with Gasteiger partial charge in [-0.15, -0.1) is 11.3 Å². The summed E-state index contributed by atoms with van der Waals surface area (Å²) in [5.74, 6) is 0.754. The molecule has 0 saturated heterocycles. The number of thiazole rings is 1. The van der Waals surface area contributed by atoms with Crippen molar-refractivity contribution in [1.82, 2.24) is 4.57 Å². The Balaban J connectivity index is 1.64. The molecule has 1 heterocycles. The molecule has 140 valence electrons. The summed E-state index contributed by atoms with van der Waals surface area (Å²) < 4.78 is 2.29. The standard InChI is InChI=1S/C23H25ClN2S/c1-2-26-22(16-27-23(26)25-21-14-12-20(24)13-15-21)19-10-8-18(9-11-19)17-6-4-3-5-7-17/h8-17H,2-7H2,1H3. The van der Waals surface area contributed by atoms with Gasteiger partial charge in [-0.3, -0.25) is 0 Å². The highest BCUT2D eigenvalue weighted by Crippen LogP contribution is 2.33. The summed E-state index contributed by atoms with van der Waals surface area (Å²) in [6.45, 7) is 3.07. The largest absolute Gasteiger partial charge is 0.317 e. The number of benzene rings is 2. The van der Waals surface area contributed by atoms with Crippen molar-refractivity contribution in [3.8, 4) is 11.3 Å². The molecule has 2 aromatic carbocycles. The molecule has 4 rings (SSSR count). The van der Waals surface area contributed by atoms with Gasteiger partial charge in [-0.1, -0.05) is 55.1 Å². The van der Waals surface area contributed by atoms with Crippen molar-refractivity contribution in [3.63, 3.8) is 0 Å². The van der Waals surface area contributed by atoms with E-state index < -0.39 is 0 Å². The summed E-state index contributed by atoms with van der Waals surface area (Å²) in [5, 5.41) is 2.95. The van der Waals surface area contributed by atoms with Crippen molar-refractivity contribution in [2.45, 2.75) is 51.5 Å². The first-order chi connectivity index (χ1) is 13.2. The zero-order chi connectivity index (χ0) is 18.6. The average molecular weight is 397 g/mol. The molecule has 1 fully saturated rings. The molecule has 0 atom stereocenters. The average Bonchev–Trinajstić information content (AvgIpc) is 3.13. The van der Waals surface area contributed by atoms with Crippen LogP contribution in [0.4, 0.5) is 5.69 Å². The van der Waals surface area contributed by atoms with Gasteiger partial charge in [-0.25, -0.2) is 4.99 Å². The minimum atomic E-state index is 0.738. The van der Waals surface area contributed by atoms with Crippen molar-refractivity contribution in [2.24, 2.45) is 4.99 Å². The molecule has 0 bridgehead atoms. The predicted octanol–water partition coefficient (Wildman–Crippen LogP) is 7.17. The van der Waals surface area contributed by atoms with E-state index in [0.29, 0.717) is 0 Å². The van der Waals surface area contributed by atoms with Gasteiger partial charge in [0.05, 0.1) is 11.4 Å². The molecule has 2 nitrogen and oxygen atoms in total. The van der Waals surface area contributed by atoms with Gasteiger partial charge < -0.3 is 4.57 Å². The van der Waals surface area contributed by atoms with Crippen LogP contribution in [0.3, 0.4) is 0 Å². The van der Waals surface area contributed by atoms with Crippen LogP contribution in [-0.2, 0) is 6.54 Å². The van der Waals surface area contributed by atoms with Crippen molar-refractivity contribution >= 4 is 28.6 Å². The van der Waals surface area contributed by atoms with Crippen LogP contribution in [0.25, 0.3) is 11.3 Å². The highest BCUT2D eigenvalue weighted by atomic mass is 35.5. The second-order valence-corrected chi connectivity index (χ2v) is 8.47. The molecule has 1 aliphatic carbocycles. The van der Waals surface area contributed by atoms with Gasteiger partial charge in [0, 0.05) is 16.9 Å². The Hall–Kier alpha value is -1.84. The number of hydrogen-bond donors (Lipinski definition) is 0. The maximum Gasteiger partial charge on any atom is 0.190 e. The van der Waals surface area contributed by atoms with Gasteiger partial charge in [0.15, 0.2) is 4.80 Å². The van der Waals surface area contributed by atoms with Crippen LogP contribution in [0.15, 0.2) is 58.9 Å². The molecule has 3 aromatic rings. The van der Waals surface area contributed by atoms with E-state index in [-0.39, 0.29) is 0 Å². The minimum absolute atomic E-state index is 0.738. The fraction of sp³-hybridized carbons (Fsp3) is 0.348. The zero-order valence-electron chi connectivity index (χ0n) is 15.7. The van der Waals surface area contributed by atoms with Crippen LogP contribution >= 0.6 is 22.9 Å². The second kappa shape index (κ2) is 8.45. The Labute approximate surface area is 170 Å². The highest BCUT2D eigenvalue weighted by Gasteiger charge is 2.15. The topological polar surface area (TPSA) is 17.3 Å². The van der Waals surface area contributed by atoms with Crippen LogP contribution in [0, 0.1) is 0 Å². The van der Waals surface area contributed by atoms with Crippen molar-refractivity contribution in [3.05, 3.63) is 69.3 Å². The predicted molar refractivity (Wildman–Crippen MR) is 116 cm³/mol. The minimum Gasteiger partial charge on any atom is -0.317 e. The van der Waals surface area contributed by atoms with Crippen molar-refractivity contribution in [2.75, 3.05) is 0 Å². The first-order valence-electron chi connectivity index (χ1n) is 9.83. The summed E-state index contributed by atoms with van der Waals surface area (Å²) in [7, 11) is 0. The Morgan fingerprint density at radius 2 is 1.70 bits per heavy atom. The Bertz CT molecular complexity index is 945. The number of hydrogen-bond acceptors (Lipinski definition) is 2. The van der Waals surface area contributed by atoms with Gasteiger partial charge >= 0.3 is 0 Å². The molecule has 0 aliphatic heterocycles. The van der Waals surface area contributed by atoms with Crippen LogP contribution < -0.4 is 4.80 Å². The molecule has 0 amide bonds. The monoisotopic (exact) mass is 396 g/mol. The van der Waals surface area contributed by atoms with Gasteiger partial charge in [-0.2, -0.15) is 0 Å². The summed E-state index contributed by atoms with van der Waals surface area (Å²) in [6.07, 6.45) is 6.85. The smallest absolute Gasteiger partial charge is 0.190 e. The van der Waals surface area contributed by atoms with Gasteiger partial charge in [0.2, 0.25) is 0 Å². The lowest BCUT2D eigenvalue weighted by Crippen LogP contribution is -2.14. The third-order valence-electron chi connectivity index (χ3n) is 5.45. The van der Waals surface area contributed by atoms with Crippen molar-refractivity contribution < 1.29 is 0 Å². The van der Waals surface area contributed by atoms with E-state index in [2.05, 4.69) is 41.1 Å². The highest BCUT2D eigenvalue weighted by molar-refractivity contribution is 7.07. The summed E-state index contributed by atoms with van der Waals surface area (Å²) in [6, 6.07) is 16.9. The van der Waals surface area contributed by atoms with Crippen LogP contribution in [0.1, 0.15) is 50.5 Å². The fourth-order valence-corrected chi connectivity index (χ4v) is 5.06. The molecule has 0 N–H and O–H groups in total. The molecule has 4 heteroatoms.